The molecule has 4 heteroatoms. The first-order valence-electron chi connectivity index (χ1n) is 7.56. The molecule has 0 aliphatic heterocycles. The second kappa shape index (κ2) is 6.48. The smallest absolute Gasteiger partial charge is 0.234 e. The molecule has 4 nitrogen and oxygen atoms in total. The van der Waals surface area contributed by atoms with Gasteiger partial charge in [-0.3, -0.25) is 4.79 Å². The average Bonchev–Trinajstić information content (AvgIpc) is 2.35. The molecule has 1 amide bonds. The first kappa shape index (κ1) is 15.8. The maximum atomic E-state index is 11.8. The number of para-hydroxylation sites is 1. The van der Waals surface area contributed by atoms with Gasteiger partial charge in [0.05, 0.1) is 13.7 Å². The minimum Gasteiger partial charge on any atom is -0.496 e. The van der Waals surface area contributed by atoms with E-state index in [1.807, 2.05) is 32.9 Å². The number of carbonyl (C=O) groups is 1. The summed E-state index contributed by atoms with van der Waals surface area (Å²) < 4.78 is 5.41. The molecule has 0 radical (unpaired) electrons. The summed E-state index contributed by atoms with van der Waals surface area (Å²) in [5, 5.41) is 6.29. The van der Waals surface area contributed by atoms with Crippen molar-refractivity contribution in [1.29, 1.82) is 0 Å². The summed E-state index contributed by atoms with van der Waals surface area (Å²) in [6.07, 6.45) is 2.12. The second-order valence-electron chi connectivity index (χ2n) is 6.79. The summed E-state index contributed by atoms with van der Waals surface area (Å²) in [6, 6.07) is 8.60. The standard InChI is InChI=1S/C17H26N2O2/c1-17(2,3)19-16(20)11-18-13-9-12(10-13)14-7-5-6-8-15(14)21-4/h5-8,12-13,18H,9-11H2,1-4H3,(H,19,20). The molecule has 1 aliphatic carbocycles. The summed E-state index contributed by atoms with van der Waals surface area (Å²) in [6.45, 7) is 6.37. The zero-order chi connectivity index (χ0) is 15.5. The van der Waals surface area contributed by atoms with E-state index < -0.39 is 0 Å². The van der Waals surface area contributed by atoms with E-state index in [1.54, 1.807) is 7.11 Å². The van der Waals surface area contributed by atoms with Crippen molar-refractivity contribution in [3.63, 3.8) is 0 Å². The van der Waals surface area contributed by atoms with Gasteiger partial charge < -0.3 is 15.4 Å². The number of carbonyl (C=O) groups excluding carboxylic acids is 1. The van der Waals surface area contributed by atoms with Crippen LogP contribution in [0.5, 0.6) is 5.75 Å². The second-order valence-corrected chi connectivity index (χ2v) is 6.79. The molecule has 116 valence electrons. The Morgan fingerprint density at radius 2 is 1.95 bits per heavy atom. The molecule has 0 aromatic heterocycles. The van der Waals surface area contributed by atoms with Crippen LogP contribution in [0.2, 0.25) is 0 Å². The highest BCUT2D eigenvalue weighted by molar-refractivity contribution is 5.78. The van der Waals surface area contributed by atoms with E-state index in [0.717, 1.165) is 18.6 Å². The fourth-order valence-electron chi connectivity index (χ4n) is 2.74. The van der Waals surface area contributed by atoms with Gasteiger partial charge in [0.25, 0.3) is 0 Å². The molecule has 0 bridgehead atoms. The Kier molecular flexibility index (Phi) is 4.88. The predicted octanol–water partition coefficient (Wildman–Crippen LogP) is 2.45. The highest BCUT2D eigenvalue weighted by atomic mass is 16.5. The number of methoxy groups -OCH3 is 1. The van der Waals surface area contributed by atoms with E-state index in [1.165, 1.54) is 5.56 Å². The van der Waals surface area contributed by atoms with Crippen molar-refractivity contribution in [3.8, 4) is 5.75 Å². The summed E-state index contributed by atoms with van der Waals surface area (Å²) in [7, 11) is 1.71. The molecular formula is C17H26N2O2. The number of amides is 1. The largest absolute Gasteiger partial charge is 0.496 e. The number of benzene rings is 1. The lowest BCUT2D eigenvalue weighted by atomic mass is 9.75. The van der Waals surface area contributed by atoms with Crippen LogP contribution >= 0.6 is 0 Å². The van der Waals surface area contributed by atoms with Crippen molar-refractivity contribution in [1.82, 2.24) is 10.6 Å². The molecule has 2 rings (SSSR count). The lowest BCUT2D eigenvalue weighted by Crippen LogP contribution is -2.49. The fourth-order valence-corrected chi connectivity index (χ4v) is 2.74. The molecule has 21 heavy (non-hydrogen) atoms. The van der Waals surface area contributed by atoms with Gasteiger partial charge in [-0.2, -0.15) is 0 Å². The monoisotopic (exact) mass is 290 g/mol. The molecule has 0 unspecified atom stereocenters. The summed E-state index contributed by atoms with van der Waals surface area (Å²) in [5.41, 5.74) is 1.11. The third-order valence-electron chi connectivity index (χ3n) is 3.78. The van der Waals surface area contributed by atoms with E-state index in [2.05, 4.69) is 22.8 Å². The van der Waals surface area contributed by atoms with Crippen molar-refractivity contribution in [3.05, 3.63) is 29.8 Å². The van der Waals surface area contributed by atoms with Crippen LogP contribution in [0.25, 0.3) is 0 Å². The molecule has 1 fully saturated rings. The van der Waals surface area contributed by atoms with E-state index in [0.29, 0.717) is 18.5 Å². The van der Waals surface area contributed by atoms with Gasteiger partial charge in [0, 0.05) is 11.6 Å². The van der Waals surface area contributed by atoms with E-state index in [9.17, 15) is 4.79 Å². The Balaban J connectivity index is 1.76. The first-order valence-corrected chi connectivity index (χ1v) is 7.56. The van der Waals surface area contributed by atoms with Crippen molar-refractivity contribution < 1.29 is 9.53 Å². The van der Waals surface area contributed by atoms with Crippen molar-refractivity contribution in [2.45, 2.75) is 51.1 Å². The molecule has 1 aliphatic rings. The first-order chi connectivity index (χ1) is 9.89. The summed E-state index contributed by atoms with van der Waals surface area (Å²) in [5.74, 6) is 1.55. The van der Waals surface area contributed by atoms with E-state index in [4.69, 9.17) is 4.74 Å². The topological polar surface area (TPSA) is 50.4 Å². The lowest BCUT2D eigenvalue weighted by molar-refractivity contribution is -0.121. The quantitative estimate of drug-likeness (QED) is 0.876. The van der Waals surface area contributed by atoms with Gasteiger partial charge in [-0.25, -0.2) is 0 Å². The van der Waals surface area contributed by atoms with Crippen LogP contribution in [0, 0.1) is 0 Å². The van der Waals surface area contributed by atoms with Gasteiger partial charge in [0.15, 0.2) is 0 Å². The van der Waals surface area contributed by atoms with Crippen LogP contribution in [0.4, 0.5) is 0 Å². The highest BCUT2D eigenvalue weighted by Crippen LogP contribution is 2.40. The maximum absolute atomic E-state index is 11.8. The van der Waals surface area contributed by atoms with Gasteiger partial charge >= 0.3 is 0 Å². The molecule has 2 N–H and O–H groups in total. The Bertz CT molecular complexity index is 488. The van der Waals surface area contributed by atoms with Crippen LogP contribution in [0.15, 0.2) is 24.3 Å². The highest BCUT2D eigenvalue weighted by Gasteiger charge is 2.32. The van der Waals surface area contributed by atoms with Crippen LogP contribution in [-0.2, 0) is 4.79 Å². The average molecular weight is 290 g/mol. The lowest BCUT2D eigenvalue weighted by Gasteiger charge is -2.37. The fraction of sp³-hybridized carbons (Fsp3) is 0.588. The van der Waals surface area contributed by atoms with Gasteiger partial charge in [0.2, 0.25) is 5.91 Å². The van der Waals surface area contributed by atoms with Crippen molar-refractivity contribution in [2.75, 3.05) is 13.7 Å². The number of nitrogens with one attached hydrogen (secondary N) is 2. The minimum atomic E-state index is -0.168. The zero-order valence-electron chi connectivity index (χ0n) is 13.4. The van der Waals surface area contributed by atoms with E-state index in [-0.39, 0.29) is 11.4 Å². The van der Waals surface area contributed by atoms with Crippen molar-refractivity contribution >= 4 is 5.91 Å². The van der Waals surface area contributed by atoms with E-state index >= 15 is 0 Å². The number of ether oxygens (including phenoxy) is 1. The number of rotatable bonds is 5. The molecule has 1 saturated carbocycles. The normalized spacial score (nSPS) is 21.5. The van der Waals surface area contributed by atoms with Crippen LogP contribution in [0.1, 0.15) is 45.1 Å². The minimum absolute atomic E-state index is 0.0586. The Labute approximate surface area is 127 Å². The van der Waals surface area contributed by atoms with Gasteiger partial charge in [-0.05, 0) is 51.2 Å². The molecule has 1 aromatic carbocycles. The molecule has 0 spiro atoms. The zero-order valence-corrected chi connectivity index (χ0v) is 13.4. The third kappa shape index (κ3) is 4.46. The number of hydrogen-bond acceptors (Lipinski definition) is 3. The SMILES string of the molecule is COc1ccccc1C1CC(NCC(=O)NC(C)(C)C)C1. The Hall–Kier alpha value is -1.55. The molecule has 1 aromatic rings. The van der Waals surface area contributed by atoms with Crippen LogP contribution < -0.4 is 15.4 Å². The van der Waals surface area contributed by atoms with Gasteiger partial charge in [-0.15, -0.1) is 0 Å². The van der Waals surface area contributed by atoms with Gasteiger partial charge in [-0.1, -0.05) is 18.2 Å². The maximum Gasteiger partial charge on any atom is 0.234 e. The predicted molar refractivity (Wildman–Crippen MR) is 84.7 cm³/mol. The van der Waals surface area contributed by atoms with Gasteiger partial charge in [0.1, 0.15) is 5.75 Å². The van der Waals surface area contributed by atoms with Crippen molar-refractivity contribution in [2.24, 2.45) is 0 Å². The summed E-state index contributed by atoms with van der Waals surface area (Å²) >= 11 is 0. The Morgan fingerprint density at radius 3 is 2.57 bits per heavy atom. The van der Waals surface area contributed by atoms with Crippen LogP contribution in [0.3, 0.4) is 0 Å². The third-order valence-corrected chi connectivity index (χ3v) is 3.78. The van der Waals surface area contributed by atoms with Crippen LogP contribution in [-0.4, -0.2) is 31.1 Å². The molecule has 0 atom stereocenters. The Morgan fingerprint density at radius 1 is 1.29 bits per heavy atom. The molecular weight excluding hydrogens is 264 g/mol. The molecule has 0 saturated heterocycles. The molecule has 0 heterocycles. The summed E-state index contributed by atoms with van der Waals surface area (Å²) in [4.78, 5) is 11.8. The number of hydrogen-bond donors (Lipinski definition) is 2.